The van der Waals surface area contributed by atoms with Crippen molar-refractivity contribution in [3.05, 3.63) is 18.0 Å². The molecule has 2 heterocycles. The third-order valence-corrected chi connectivity index (χ3v) is 2.17. The molecule has 1 saturated heterocycles. The van der Waals surface area contributed by atoms with Crippen molar-refractivity contribution >= 4 is 0 Å². The molecule has 2 rings (SSSR count). The van der Waals surface area contributed by atoms with Gasteiger partial charge in [-0.1, -0.05) is 0 Å². The van der Waals surface area contributed by atoms with Crippen LogP contribution in [0.15, 0.2) is 12.4 Å². The topological polar surface area (TPSA) is 41.9 Å². The lowest BCUT2D eigenvalue weighted by atomic mass is 10.1. The van der Waals surface area contributed by atoms with Gasteiger partial charge in [0.1, 0.15) is 0 Å². The first-order valence-electron chi connectivity index (χ1n) is 4.29. The molecular formula is C8H14N4. The van der Waals surface area contributed by atoms with Gasteiger partial charge in [-0.15, -0.1) is 0 Å². The molecule has 1 aliphatic rings. The van der Waals surface area contributed by atoms with Gasteiger partial charge in [0.05, 0.1) is 6.20 Å². The minimum Gasteiger partial charge on any atom is -0.314 e. The molecule has 0 amide bonds. The van der Waals surface area contributed by atoms with Crippen molar-refractivity contribution in [3.8, 4) is 0 Å². The number of aromatic nitrogens is 2. The second-order valence-electron chi connectivity index (χ2n) is 3.16. The van der Waals surface area contributed by atoms with E-state index in [1.807, 2.05) is 17.9 Å². The molecule has 1 aliphatic heterocycles. The Morgan fingerprint density at radius 3 is 3.08 bits per heavy atom. The molecule has 12 heavy (non-hydrogen) atoms. The number of piperazine rings is 1. The Labute approximate surface area is 72.0 Å². The van der Waals surface area contributed by atoms with Crippen molar-refractivity contribution < 1.29 is 0 Å². The maximum Gasteiger partial charge on any atom is 0.0538 e. The highest BCUT2D eigenvalue weighted by Crippen LogP contribution is 2.11. The summed E-state index contributed by atoms with van der Waals surface area (Å²) in [5.41, 5.74) is 1.27. The number of nitrogens with zero attached hydrogens (tertiary/aromatic N) is 2. The van der Waals surface area contributed by atoms with Gasteiger partial charge in [0, 0.05) is 44.5 Å². The summed E-state index contributed by atoms with van der Waals surface area (Å²) in [6.45, 7) is 3.11. The Kier molecular flexibility index (Phi) is 2.10. The van der Waals surface area contributed by atoms with Gasteiger partial charge in [0.2, 0.25) is 0 Å². The van der Waals surface area contributed by atoms with E-state index in [1.165, 1.54) is 5.56 Å². The highest BCUT2D eigenvalue weighted by Gasteiger charge is 2.14. The zero-order valence-corrected chi connectivity index (χ0v) is 7.25. The minimum absolute atomic E-state index is 0.437. The minimum atomic E-state index is 0.437. The molecule has 0 spiro atoms. The fourth-order valence-electron chi connectivity index (χ4n) is 1.51. The maximum absolute atomic E-state index is 4.14. The summed E-state index contributed by atoms with van der Waals surface area (Å²) in [7, 11) is 1.94. The van der Waals surface area contributed by atoms with E-state index in [2.05, 4.69) is 21.9 Å². The van der Waals surface area contributed by atoms with E-state index < -0.39 is 0 Å². The smallest absolute Gasteiger partial charge is 0.0538 e. The van der Waals surface area contributed by atoms with Crippen LogP contribution in [0.5, 0.6) is 0 Å². The molecule has 0 aromatic carbocycles. The van der Waals surface area contributed by atoms with Crippen molar-refractivity contribution in [1.82, 2.24) is 20.4 Å². The van der Waals surface area contributed by atoms with Crippen LogP contribution in [-0.4, -0.2) is 29.4 Å². The second kappa shape index (κ2) is 3.25. The van der Waals surface area contributed by atoms with Crippen LogP contribution >= 0.6 is 0 Å². The largest absolute Gasteiger partial charge is 0.314 e. The van der Waals surface area contributed by atoms with Crippen LogP contribution in [0.25, 0.3) is 0 Å². The highest BCUT2D eigenvalue weighted by atomic mass is 15.2. The standard InChI is InChI=1S/C8H14N4/c1-12-6-7(4-11-12)8-5-9-2-3-10-8/h4,6,8-10H,2-3,5H2,1H3. The van der Waals surface area contributed by atoms with Crippen LogP contribution in [0.4, 0.5) is 0 Å². The average molecular weight is 166 g/mol. The van der Waals surface area contributed by atoms with Crippen molar-refractivity contribution in [2.75, 3.05) is 19.6 Å². The predicted octanol–water partition coefficient (Wildman–Crippen LogP) is -0.346. The fraction of sp³-hybridized carbons (Fsp3) is 0.625. The van der Waals surface area contributed by atoms with Crippen LogP contribution in [0.2, 0.25) is 0 Å². The Bertz CT molecular complexity index is 249. The van der Waals surface area contributed by atoms with Crippen LogP contribution in [-0.2, 0) is 7.05 Å². The molecule has 2 N–H and O–H groups in total. The Morgan fingerprint density at radius 1 is 1.58 bits per heavy atom. The van der Waals surface area contributed by atoms with Gasteiger partial charge in [-0.2, -0.15) is 5.10 Å². The van der Waals surface area contributed by atoms with Crippen molar-refractivity contribution in [3.63, 3.8) is 0 Å². The molecule has 1 aromatic rings. The van der Waals surface area contributed by atoms with Gasteiger partial charge < -0.3 is 10.6 Å². The first-order chi connectivity index (χ1) is 5.86. The molecule has 1 aromatic heterocycles. The summed E-state index contributed by atoms with van der Waals surface area (Å²) in [5, 5.41) is 10.9. The lowest BCUT2D eigenvalue weighted by molar-refractivity contribution is 0.430. The Hall–Kier alpha value is -0.870. The molecule has 1 atom stereocenters. The van der Waals surface area contributed by atoms with Crippen molar-refractivity contribution in [2.24, 2.45) is 7.05 Å². The molecule has 1 fully saturated rings. The zero-order chi connectivity index (χ0) is 8.39. The molecule has 4 nitrogen and oxygen atoms in total. The first-order valence-corrected chi connectivity index (χ1v) is 4.29. The fourth-order valence-corrected chi connectivity index (χ4v) is 1.51. The molecule has 0 radical (unpaired) electrons. The number of hydrogen-bond acceptors (Lipinski definition) is 3. The van der Waals surface area contributed by atoms with E-state index in [0.717, 1.165) is 19.6 Å². The molecule has 0 saturated carbocycles. The average Bonchev–Trinajstić information content (AvgIpc) is 2.54. The van der Waals surface area contributed by atoms with Gasteiger partial charge in [-0.3, -0.25) is 4.68 Å². The highest BCUT2D eigenvalue weighted by molar-refractivity contribution is 5.11. The van der Waals surface area contributed by atoms with Crippen molar-refractivity contribution in [2.45, 2.75) is 6.04 Å². The van der Waals surface area contributed by atoms with E-state index in [1.54, 1.807) is 0 Å². The number of hydrogen-bond donors (Lipinski definition) is 2. The van der Waals surface area contributed by atoms with E-state index >= 15 is 0 Å². The lowest BCUT2D eigenvalue weighted by Gasteiger charge is -2.23. The maximum atomic E-state index is 4.14. The molecule has 66 valence electrons. The molecular weight excluding hydrogens is 152 g/mol. The number of nitrogens with one attached hydrogen (secondary N) is 2. The lowest BCUT2D eigenvalue weighted by Crippen LogP contribution is -2.42. The summed E-state index contributed by atoms with van der Waals surface area (Å²) < 4.78 is 1.84. The van der Waals surface area contributed by atoms with E-state index in [4.69, 9.17) is 0 Å². The van der Waals surface area contributed by atoms with E-state index in [9.17, 15) is 0 Å². The van der Waals surface area contributed by atoms with Crippen molar-refractivity contribution in [1.29, 1.82) is 0 Å². The molecule has 4 heteroatoms. The van der Waals surface area contributed by atoms with Crippen LogP contribution < -0.4 is 10.6 Å². The Balaban J connectivity index is 2.08. The first kappa shape index (κ1) is 7.76. The van der Waals surface area contributed by atoms with Gasteiger partial charge >= 0.3 is 0 Å². The summed E-state index contributed by atoms with van der Waals surface area (Å²) in [5.74, 6) is 0. The van der Waals surface area contributed by atoms with E-state index in [-0.39, 0.29) is 0 Å². The third kappa shape index (κ3) is 1.49. The Morgan fingerprint density at radius 2 is 2.50 bits per heavy atom. The van der Waals surface area contributed by atoms with Crippen LogP contribution in [0.3, 0.4) is 0 Å². The molecule has 0 aliphatic carbocycles. The summed E-state index contributed by atoms with van der Waals surface area (Å²) in [6.07, 6.45) is 3.98. The van der Waals surface area contributed by atoms with Crippen LogP contribution in [0, 0.1) is 0 Å². The molecule has 0 bridgehead atoms. The quantitative estimate of drug-likeness (QED) is 0.599. The zero-order valence-electron chi connectivity index (χ0n) is 7.25. The summed E-state index contributed by atoms with van der Waals surface area (Å²) in [4.78, 5) is 0. The van der Waals surface area contributed by atoms with E-state index in [0.29, 0.717) is 6.04 Å². The third-order valence-electron chi connectivity index (χ3n) is 2.17. The number of aryl methyl sites for hydroxylation is 1. The summed E-state index contributed by atoms with van der Waals surface area (Å²) >= 11 is 0. The van der Waals surface area contributed by atoms with Gasteiger partial charge in [0.25, 0.3) is 0 Å². The molecule has 1 unspecified atom stereocenters. The second-order valence-corrected chi connectivity index (χ2v) is 3.16. The summed E-state index contributed by atoms with van der Waals surface area (Å²) in [6, 6.07) is 0.437. The predicted molar refractivity (Wildman–Crippen MR) is 46.8 cm³/mol. The SMILES string of the molecule is Cn1cc(C2CNCCN2)cn1. The normalized spacial score (nSPS) is 24.2. The van der Waals surface area contributed by atoms with Gasteiger partial charge in [-0.05, 0) is 0 Å². The van der Waals surface area contributed by atoms with Gasteiger partial charge in [-0.25, -0.2) is 0 Å². The van der Waals surface area contributed by atoms with Gasteiger partial charge in [0.15, 0.2) is 0 Å². The monoisotopic (exact) mass is 166 g/mol. The van der Waals surface area contributed by atoms with Crippen LogP contribution in [0.1, 0.15) is 11.6 Å². The number of rotatable bonds is 1.